The lowest BCUT2D eigenvalue weighted by Gasteiger charge is -2.25. The highest BCUT2D eigenvalue weighted by atomic mass is 35.5. The van der Waals surface area contributed by atoms with E-state index in [1.165, 1.54) is 19.3 Å². The maximum absolute atomic E-state index is 11.8. The van der Waals surface area contributed by atoms with Crippen molar-refractivity contribution in [3.05, 3.63) is 24.3 Å². The van der Waals surface area contributed by atoms with Gasteiger partial charge in [-0.25, -0.2) is 0 Å². The van der Waals surface area contributed by atoms with Crippen molar-refractivity contribution >= 4 is 24.0 Å². The standard InChI is InChI=1S/C13H18N2O2.ClH/c16-12-7-3-2-6-11(12)14-13(17)10-15-8-4-1-5-9-15;/h2-3,6-7,16H,1,4-5,8-10H2,(H,14,17);1H. The van der Waals surface area contributed by atoms with E-state index < -0.39 is 0 Å². The summed E-state index contributed by atoms with van der Waals surface area (Å²) in [6, 6.07) is 6.78. The van der Waals surface area contributed by atoms with Crippen LogP contribution in [0.3, 0.4) is 0 Å². The van der Waals surface area contributed by atoms with Crippen molar-refractivity contribution in [1.29, 1.82) is 0 Å². The summed E-state index contributed by atoms with van der Waals surface area (Å²) in [7, 11) is 0. The molecule has 1 aliphatic rings. The monoisotopic (exact) mass is 270 g/mol. The quantitative estimate of drug-likeness (QED) is 0.829. The van der Waals surface area contributed by atoms with Crippen LogP contribution in [0.5, 0.6) is 5.75 Å². The van der Waals surface area contributed by atoms with E-state index in [2.05, 4.69) is 10.2 Å². The second-order valence-electron chi connectivity index (χ2n) is 4.40. The number of carbonyl (C=O) groups excluding carboxylic acids is 1. The number of carbonyl (C=O) groups is 1. The van der Waals surface area contributed by atoms with Gasteiger partial charge in [0.15, 0.2) is 0 Å². The van der Waals surface area contributed by atoms with Crippen LogP contribution >= 0.6 is 12.4 Å². The van der Waals surface area contributed by atoms with E-state index in [1.54, 1.807) is 24.3 Å². The van der Waals surface area contributed by atoms with Gasteiger partial charge in [-0.1, -0.05) is 18.6 Å². The van der Waals surface area contributed by atoms with Gasteiger partial charge in [-0.2, -0.15) is 0 Å². The van der Waals surface area contributed by atoms with Gasteiger partial charge in [-0.3, -0.25) is 9.69 Å². The van der Waals surface area contributed by atoms with Crippen LogP contribution in [0.4, 0.5) is 5.69 Å². The number of phenols is 1. The summed E-state index contributed by atoms with van der Waals surface area (Å²) in [6.45, 7) is 2.40. The van der Waals surface area contributed by atoms with Gasteiger partial charge in [0.25, 0.3) is 0 Å². The van der Waals surface area contributed by atoms with E-state index >= 15 is 0 Å². The van der Waals surface area contributed by atoms with Crippen molar-refractivity contribution < 1.29 is 9.90 Å². The van der Waals surface area contributed by atoms with Gasteiger partial charge in [0.2, 0.25) is 5.91 Å². The van der Waals surface area contributed by atoms with Gasteiger partial charge in [-0.15, -0.1) is 12.4 Å². The summed E-state index contributed by atoms with van der Waals surface area (Å²) in [6.07, 6.45) is 3.60. The number of aromatic hydroxyl groups is 1. The number of hydrogen-bond acceptors (Lipinski definition) is 3. The number of piperidine rings is 1. The van der Waals surface area contributed by atoms with Crippen LogP contribution in [-0.2, 0) is 4.79 Å². The molecule has 0 aliphatic carbocycles. The minimum Gasteiger partial charge on any atom is -0.506 e. The second kappa shape index (κ2) is 7.24. The van der Waals surface area contributed by atoms with Crippen LogP contribution in [-0.4, -0.2) is 35.5 Å². The Kier molecular flexibility index (Phi) is 5.95. The van der Waals surface area contributed by atoms with Gasteiger partial charge < -0.3 is 10.4 Å². The molecule has 4 nitrogen and oxygen atoms in total. The van der Waals surface area contributed by atoms with Crippen molar-refractivity contribution in [3.8, 4) is 5.75 Å². The Balaban J connectivity index is 0.00000162. The van der Waals surface area contributed by atoms with Crippen molar-refractivity contribution in [3.63, 3.8) is 0 Å². The van der Waals surface area contributed by atoms with E-state index in [-0.39, 0.29) is 24.1 Å². The molecule has 5 heteroatoms. The van der Waals surface area contributed by atoms with E-state index in [0.717, 1.165) is 13.1 Å². The van der Waals surface area contributed by atoms with Crippen LogP contribution in [0.1, 0.15) is 19.3 Å². The topological polar surface area (TPSA) is 52.6 Å². The van der Waals surface area contributed by atoms with Crippen LogP contribution in [0.2, 0.25) is 0 Å². The first kappa shape index (κ1) is 14.8. The van der Waals surface area contributed by atoms with Crippen molar-refractivity contribution in [2.75, 3.05) is 25.0 Å². The lowest BCUT2D eigenvalue weighted by Crippen LogP contribution is -2.36. The summed E-state index contributed by atoms with van der Waals surface area (Å²) in [5, 5.41) is 12.3. The maximum Gasteiger partial charge on any atom is 0.238 e. The number of para-hydroxylation sites is 2. The van der Waals surface area contributed by atoms with Crippen LogP contribution in [0.25, 0.3) is 0 Å². The molecule has 2 N–H and O–H groups in total. The zero-order valence-electron chi connectivity index (χ0n) is 10.3. The van der Waals surface area contributed by atoms with Gasteiger partial charge in [0.1, 0.15) is 5.75 Å². The molecule has 0 unspecified atom stereocenters. The Bertz CT molecular complexity index is 392. The minimum absolute atomic E-state index is 0. The summed E-state index contributed by atoms with van der Waals surface area (Å²) in [4.78, 5) is 13.9. The van der Waals surface area contributed by atoms with E-state index in [0.29, 0.717) is 12.2 Å². The number of amides is 1. The third-order valence-electron chi connectivity index (χ3n) is 2.99. The molecule has 0 bridgehead atoms. The second-order valence-corrected chi connectivity index (χ2v) is 4.40. The van der Waals surface area contributed by atoms with Gasteiger partial charge in [0, 0.05) is 0 Å². The molecule has 0 atom stereocenters. The Hall–Kier alpha value is -1.26. The maximum atomic E-state index is 11.8. The summed E-state index contributed by atoms with van der Waals surface area (Å²) < 4.78 is 0. The summed E-state index contributed by atoms with van der Waals surface area (Å²) in [5.74, 6) is 0.0490. The average Bonchev–Trinajstić information content (AvgIpc) is 2.33. The smallest absolute Gasteiger partial charge is 0.238 e. The lowest BCUT2D eigenvalue weighted by atomic mass is 10.1. The van der Waals surface area contributed by atoms with Crippen LogP contribution in [0, 0.1) is 0 Å². The van der Waals surface area contributed by atoms with Crippen molar-refractivity contribution in [2.24, 2.45) is 0 Å². The minimum atomic E-state index is -0.0617. The first-order valence-corrected chi connectivity index (χ1v) is 6.06. The number of hydrogen-bond donors (Lipinski definition) is 2. The third-order valence-corrected chi connectivity index (χ3v) is 2.99. The van der Waals surface area contributed by atoms with Crippen LogP contribution < -0.4 is 5.32 Å². The summed E-state index contributed by atoms with van der Waals surface area (Å²) >= 11 is 0. The van der Waals surface area contributed by atoms with E-state index in [4.69, 9.17) is 0 Å². The highest BCUT2D eigenvalue weighted by Crippen LogP contribution is 2.21. The fourth-order valence-corrected chi connectivity index (χ4v) is 2.09. The summed E-state index contributed by atoms with van der Waals surface area (Å²) in [5.41, 5.74) is 0.481. The molecule has 1 aliphatic heterocycles. The molecule has 100 valence electrons. The van der Waals surface area contributed by atoms with E-state index in [1.807, 2.05) is 0 Å². The normalized spacial score (nSPS) is 15.8. The van der Waals surface area contributed by atoms with Gasteiger partial charge in [0.05, 0.1) is 12.2 Å². The first-order chi connectivity index (χ1) is 8.25. The van der Waals surface area contributed by atoms with Gasteiger partial charge in [-0.05, 0) is 38.1 Å². The molecule has 2 rings (SSSR count). The molecular weight excluding hydrogens is 252 g/mol. The average molecular weight is 271 g/mol. The molecule has 0 spiro atoms. The third kappa shape index (κ3) is 4.20. The van der Waals surface area contributed by atoms with Crippen molar-refractivity contribution in [2.45, 2.75) is 19.3 Å². The zero-order valence-corrected chi connectivity index (χ0v) is 11.1. The molecule has 18 heavy (non-hydrogen) atoms. The molecule has 1 saturated heterocycles. The molecule has 1 amide bonds. The molecule has 0 saturated carbocycles. The first-order valence-electron chi connectivity index (χ1n) is 6.06. The molecule has 1 aromatic carbocycles. The fourth-order valence-electron chi connectivity index (χ4n) is 2.09. The number of anilines is 1. The molecule has 1 aromatic rings. The lowest BCUT2D eigenvalue weighted by molar-refractivity contribution is -0.117. The molecule has 1 fully saturated rings. The fraction of sp³-hybridized carbons (Fsp3) is 0.462. The SMILES string of the molecule is Cl.O=C(CN1CCCCC1)Nc1ccccc1O. The number of nitrogens with zero attached hydrogens (tertiary/aromatic N) is 1. The Morgan fingerprint density at radius 1 is 1.22 bits per heavy atom. The predicted octanol–water partition coefficient (Wildman–Crippen LogP) is 2.24. The van der Waals surface area contributed by atoms with Crippen molar-refractivity contribution in [1.82, 2.24) is 4.90 Å². The molecule has 0 radical (unpaired) electrons. The highest BCUT2D eigenvalue weighted by Gasteiger charge is 2.14. The Morgan fingerprint density at radius 2 is 1.89 bits per heavy atom. The molecule has 0 aromatic heterocycles. The van der Waals surface area contributed by atoms with E-state index in [9.17, 15) is 9.90 Å². The van der Waals surface area contributed by atoms with Crippen LogP contribution in [0.15, 0.2) is 24.3 Å². The molecular formula is C13H19ClN2O2. The number of nitrogens with one attached hydrogen (secondary N) is 1. The number of benzene rings is 1. The Morgan fingerprint density at radius 3 is 2.56 bits per heavy atom. The number of likely N-dealkylation sites (tertiary alicyclic amines) is 1. The zero-order chi connectivity index (χ0) is 12.1. The number of phenolic OH excluding ortho intramolecular Hbond substituents is 1. The highest BCUT2D eigenvalue weighted by molar-refractivity contribution is 5.93. The Labute approximate surface area is 113 Å². The van der Waals surface area contributed by atoms with Gasteiger partial charge >= 0.3 is 0 Å². The number of rotatable bonds is 3. The predicted molar refractivity (Wildman–Crippen MR) is 74.3 cm³/mol. The number of halogens is 1. The largest absolute Gasteiger partial charge is 0.506 e. The molecule has 1 heterocycles.